The van der Waals surface area contributed by atoms with Crippen LogP contribution in [0.5, 0.6) is 0 Å². The molecule has 2 saturated carbocycles. The van der Waals surface area contributed by atoms with Gasteiger partial charge in [-0.3, -0.25) is 14.4 Å². The number of carbonyl (C=O) groups is 3. The summed E-state index contributed by atoms with van der Waals surface area (Å²) in [6, 6.07) is 11.3. The van der Waals surface area contributed by atoms with E-state index >= 15 is 0 Å². The monoisotopic (exact) mass is 632 g/mol. The lowest BCUT2D eigenvalue weighted by molar-refractivity contribution is -0.156. The number of nitrogens with zero attached hydrogens (tertiary/aromatic N) is 2. The summed E-state index contributed by atoms with van der Waals surface area (Å²) in [5, 5.41) is 3.46. The number of halogens is 5. The highest BCUT2D eigenvalue weighted by molar-refractivity contribution is 9.12. The van der Waals surface area contributed by atoms with Crippen molar-refractivity contribution in [2.45, 2.75) is 22.6 Å². The molecule has 0 radical (unpaired) electrons. The predicted molar refractivity (Wildman–Crippen MR) is 134 cm³/mol. The van der Waals surface area contributed by atoms with Crippen molar-refractivity contribution in [3.63, 3.8) is 0 Å². The smallest absolute Gasteiger partial charge is 0.272 e. The summed E-state index contributed by atoms with van der Waals surface area (Å²) < 4.78 is 0. The minimum Gasteiger partial charge on any atom is -0.272 e. The van der Waals surface area contributed by atoms with Crippen LogP contribution in [0.1, 0.15) is 22.3 Å². The molecule has 1 aliphatic heterocycles. The van der Waals surface area contributed by atoms with Crippen LogP contribution in [0.3, 0.4) is 0 Å². The van der Waals surface area contributed by atoms with Crippen molar-refractivity contribution >= 4 is 84.4 Å². The SMILES string of the molecule is O=C(c1ccc(Cl)cc1)N(Cc1ccc(Cl)c(Cl)c1)N1C(=O)[C@@H]2[C@H]3C[C@@H]([C@H](Br)[C@H]3Br)[C@H]2C1=O. The molecule has 2 aromatic carbocycles. The zero-order valence-corrected chi connectivity index (χ0v) is 22.4. The van der Waals surface area contributed by atoms with Crippen LogP contribution < -0.4 is 0 Å². The van der Waals surface area contributed by atoms with Gasteiger partial charge in [-0.1, -0.05) is 72.7 Å². The van der Waals surface area contributed by atoms with E-state index in [0.29, 0.717) is 26.2 Å². The van der Waals surface area contributed by atoms with Crippen molar-refractivity contribution in [3.8, 4) is 0 Å². The number of imide groups is 1. The molecule has 3 aliphatic rings. The van der Waals surface area contributed by atoms with E-state index in [1.54, 1.807) is 42.5 Å². The standard InChI is InChI=1S/C23H17Br2Cl3N2O3/c24-19-13-8-14(20(19)25)18-17(13)22(32)30(23(18)33)29(9-10-1-6-15(27)16(28)7-10)21(31)11-2-4-12(26)5-3-11/h1-7,13-14,17-20H,8-9H2/t13-,14-,17-,18-,19+,20+/m1/s1. The Bertz CT molecular complexity index is 1130. The maximum absolute atomic E-state index is 13.6. The molecule has 172 valence electrons. The first kappa shape index (κ1) is 23.6. The maximum atomic E-state index is 13.6. The van der Waals surface area contributed by atoms with Crippen LogP contribution in [-0.2, 0) is 16.1 Å². The third-order valence-electron chi connectivity index (χ3n) is 6.85. The van der Waals surface area contributed by atoms with E-state index in [-0.39, 0.29) is 39.8 Å². The number of rotatable bonds is 4. The van der Waals surface area contributed by atoms with Gasteiger partial charge in [0.1, 0.15) is 0 Å². The number of hydrogen-bond donors (Lipinski definition) is 0. The normalized spacial score (nSPS) is 30.2. The summed E-state index contributed by atoms with van der Waals surface area (Å²) in [4.78, 5) is 41.0. The van der Waals surface area contributed by atoms with Gasteiger partial charge in [0.25, 0.3) is 17.7 Å². The Balaban J connectivity index is 1.53. The van der Waals surface area contributed by atoms with Crippen LogP contribution in [0.2, 0.25) is 15.1 Å². The average molecular weight is 636 g/mol. The minimum atomic E-state index is -0.474. The Kier molecular flexibility index (Phi) is 6.32. The van der Waals surface area contributed by atoms with Gasteiger partial charge >= 0.3 is 0 Å². The molecule has 0 spiro atoms. The Labute approximate surface area is 222 Å². The van der Waals surface area contributed by atoms with Crippen molar-refractivity contribution in [2.75, 3.05) is 0 Å². The van der Waals surface area contributed by atoms with E-state index in [4.69, 9.17) is 34.8 Å². The Hall–Kier alpha value is -1.12. The van der Waals surface area contributed by atoms with Crippen molar-refractivity contribution < 1.29 is 14.4 Å². The molecule has 2 aromatic rings. The molecule has 1 saturated heterocycles. The highest BCUT2D eigenvalue weighted by Gasteiger charge is 2.67. The molecular weight excluding hydrogens is 618 g/mol. The van der Waals surface area contributed by atoms with E-state index < -0.39 is 17.7 Å². The maximum Gasteiger partial charge on any atom is 0.273 e. The van der Waals surface area contributed by atoms with E-state index in [2.05, 4.69) is 31.9 Å². The molecule has 0 N–H and O–H groups in total. The van der Waals surface area contributed by atoms with Gasteiger partial charge in [-0.2, -0.15) is 5.01 Å². The number of amides is 3. The summed E-state index contributed by atoms with van der Waals surface area (Å²) in [5.41, 5.74) is 0.959. The fourth-order valence-corrected chi connectivity index (χ4v) is 7.68. The summed E-state index contributed by atoms with van der Waals surface area (Å²) in [7, 11) is 0. The van der Waals surface area contributed by atoms with Gasteiger partial charge < -0.3 is 0 Å². The molecule has 5 rings (SSSR count). The van der Waals surface area contributed by atoms with E-state index in [1.807, 2.05) is 0 Å². The molecule has 33 heavy (non-hydrogen) atoms. The summed E-state index contributed by atoms with van der Waals surface area (Å²) in [5.74, 6) is -1.92. The molecule has 10 heteroatoms. The number of hydrogen-bond acceptors (Lipinski definition) is 3. The van der Waals surface area contributed by atoms with Crippen LogP contribution in [0.25, 0.3) is 0 Å². The van der Waals surface area contributed by atoms with Crippen LogP contribution in [0, 0.1) is 23.7 Å². The van der Waals surface area contributed by atoms with Gasteiger partial charge in [0, 0.05) is 20.2 Å². The minimum absolute atomic E-state index is 0.0138. The first-order chi connectivity index (χ1) is 15.7. The lowest BCUT2D eigenvalue weighted by Gasteiger charge is -2.31. The van der Waals surface area contributed by atoms with E-state index in [0.717, 1.165) is 11.4 Å². The summed E-state index contributed by atoms with van der Waals surface area (Å²) >= 11 is 25.6. The van der Waals surface area contributed by atoms with Gasteiger partial charge in [0.2, 0.25) is 0 Å². The summed E-state index contributed by atoms with van der Waals surface area (Å²) in [6.07, 6.45) is 0.810. The third-order valence-corrected chi connectivity index (χ3v) is 11.0. The molecule has 0 unspecified atom stereocenters. The van der Waals surface area contributed by atoms with Gasteiger partial charge in [-0.25, -0.2) is 5.01 Å². The number of alkyl halides is 2. The second-order valence-corrected chi connectivity index (χ2v) is 12.0. The van der Waals surface area contributed by atoms with Crippen LogP contribution in [0.15, 0.2) is 42.5 Å². The highest BCUT2D eigenvalue weighted by Crippen LogP contribution is 2.60. The second-order valence-electron chi connectivity index (χ2n) is 8.61. The highest BCUT2D eigenvalue weighted by atomic mass is 79.9. The quantitative estimate of drug-likeness (QED) is 0.307. The Morgan fingerprint density at radius 3 is 2.03 bits per heavy atom. The van der Waals surface area contributed by atoms with Gasteiger partial charge in [0.15, 0.2) is 0 Å². The van der Waals surface area contributed by atoms with E-state index in [9.17, 15) is 14.4 Å². The molecule has 0 aromatic heterocycles. The second kappa shape index (κ2) is 8.83. The molecule has 2 aliphatic carbocycles. The van der Waals surface area contributed by atoms with Crippen LogP contribution >= 0.6 is 66.7 Å². The average Bonchev–Trinajstić information content (AvgIpc) is 3.40. The zero-order valence-electron chi connectivity index (χ0n) is 16.9. The molecule has 5 nitrogen and oxygen atoms in total. The van der Waals surface area contributed by atoms with Crippen molar-refractivity contribution in [1.29, 1.82) is 0 Å². The third kappa shape index (κ3) is 3.84. The fourth-order valence-electron chi connectivity index (χ4n) is 5.36. The Morgan fingerprint density at radius 2 is 1.48 bits per heavy atom. The van der Waals surface area contributed by atoms with Crippen molar-refractivity contribution in [2.24, 2.45) is 23.7 Å². The molecule has 3 amide bonds. The lowest BCUT2D eigenvalue weighted by atomic mass is 9.81. The molecule has 3 fully saturated rings. The van der Waals surface area contributed by atoms with E-state index in [1.165, 1.54) is 5.01 Å². The fraction of sp³-hybridized carbons (Fsp3) is 0.348. The Morgan fingerprint density at radius 1 is 0.909 bits per heavy atom. The number of fused-ring (bicyclic) bond motifs is 5. The molecule has 6 atom stereocenters. The number of carbonyl (C=O) groups excluding carboxylic acids is 3. The molecule has 2 bridgehead atoms. The molecule has 1 heterocycles. The van der Waals surface area contributed by atoms with Crippen molar-refractivity contribution in [1.82, 2.24) is 10.0 Å². The lowest BCUT2D eigenvalue weighted by Crippen LogP contribution is -2.50. The van der Waals surface area contributed by atoms with Gasteiger partial charge in [-0.05, 0) is 60.2 Å². The number of hydrazine groups is 1. The van der Waals surface area contributed by atoms with Crippen molar-refractivity contribution in [3.05, 3.63) is 68.7 Å². The van der Waals surface area contributed by atoms with Crippen LogP contribution in [0.4, 0.5) is 0 Å². The van der Waals surface area contributed by atoms with Gasteiger partial charge in [-0.15, -0.1) is 0 Å². The van der Waals surface area contributed by atoms with Gasteiger partial charge in [0.05, 0.1) is 28.4 Å². The molecular formula is C23H17Br2Cl3N2O3. The predicted octanol–water partition coefficient (Wildman–Crippen LogP) is 5.98. The zero-order chi connectivity index (χ0) is 23.6. The summed E-state index contributed by atoms with van der Waals surface area (Å²) in [6.45, 7) is -0.0138. The first-order valence-electron chi connectivity index (χ1n) is 10.4. The number of benzene rings is 2. The first-order valence-corrected chi connectivity index (χ1v) is 13.3. The topological polar surface area (TPSA) is 57.7 Å². The largest absolute Gasteiger partial charge is 0.273 e. The van der Waals surface area contributed by atoms with Crippen LogP contribution in [-0.4, -0.2) is 37.4 Å².